The molecule has 70 valence electrons. The summed E-state index contributed by atoms with van der Waals surface area (Å²) in [6, 6.07) is 0.290. The molecule has 2 saturated carbocycles. The molecule has 2 bridgehead atoms. The van der Waals surface area contributed by atoms with Crippen molar-refractivity contribution in [2.75, 3.05) is 0 Å². The van der Waals surface area contributed by atoms with Crippen LogP contribution in [0.25, 0.3) is 0 Å². The van der Waals surface area contributed by atoms with Crippen LogP contribution in [-0.4, -0.2) is 23.0 Å². The number of aliphatic carboxylic acids is 1. The number of rotatable bonds is 1. The third-order valence-corrected chi connectivity index (χ3v) is 3.92. The fraction of sp³-hybridized carbons (Fsp3) is 0.778. The Kier molecular flexibility index (Phi) is 1.16. The summed E-state index contributed by atoms with van der Waals surface area (Å²) in [7, 11) is 0. The van der Waals surface area contributed by atoms with E-state index < -0.39 is 11.9 Å². The van der Waals surface area contributed by atoms with E-state index in [0.29, 0.717) is 5.92 Å². The van der Waals surface area contributed by atoms with Gasteiger partial charge in [0.05, 0.1) is 11.8 Å². The third kappa shape index (κ3) is 0.716. The van der Waals surface area contributed by atoms with Gasteiger partial charge < -0.3 is 10.4 Å². The molecule has 1 heterocycles. The Hall–Kier alpha value is -1.06. The van der Waals surface area contributed by atoms with E-state index in [1.807, 2.05) is 0 Å². The molecule has 3 fully saturated rings. The number of carboxylic acids is 1. The molecule has 0 spiro atoms. The second-order valence-electron chi connectivity index (χ2n) is 4.40. The molecule has 0 aromatic carbocycles. The SMILES string of the molecule is O=C(O)[C@@H]1[C@@H]2C[C@@H]3[C@@H]1C(=O)N[C@@H]3C2. The first-order valence-corrected chi connectivity index (χ1v) is 4.71. The van der Waals surface area contributed by atoms with Gasteiger partial charge in [-0.3, -0.25) is 9.59 Å². The topological polar surface area (TPSA) is 66.4 Å². The van der Waals surface area contributed by atoms with E-state index in [1.165, 1.54) is 0 Å². The predicted octanol–water partition coefficient (Wildman–Crippen LogP) is -0.158. The number of fused-ring (bicyclic) bond motifs is 1. The number of carbonyl (C=O) groups excluding carboxylic acids is 1. The van der Waals surface area contributed by atoms with Crippen molar-refractivity contribution >= 4 is 11.9 Å². The van der Waals surface area contributed by atoms with Gasteiger partial charge in [-0.25, -0.2) is 0 Å². The lowest BCUT2D eigenvalue weighted by atomic mass is 9.80. The Bertz CT molecular complexity index is 299. The number of amides is 1. The standard InChI is InChI=1S/C9H11NO3/c11-8-7-4-1-3(2-5(4)10-8)6(7)9(12)13/h3-7H,1-2H2,(H,10,11)(H,12,13)/t3-,4+,5-,6-,7+/m1/s1. The first-order valence-electron chi connectivity index (χ1n) is 4.71. The fourth-order valence-corrected chi connectivity index (χ4v) is 3.52. The van der Waals surface area contributed by atoms with Gasteiger partial charge in [0.2, 0.25) is 5.91 Å². The monoisotopic (exact) mass is 181 g/mol. The molecule has 0 aromatic rings. The van der Waals surface area contributed by atoms with E-state index >= 15 is 0 Å². The van der Waals surface area contributed by atoms with Crippen molar-refractivity contribution in [1.82, 2.24) is 5.32 Å². The molecular formula is C9H11NO3. The minimum absolute atomic E-state index is 0.0256. The van der Waals surface area contributed by atoms with Crippen LogP contribution in [0, 0.1) is 23.7 Å². The summed E-state index contributed by atoms with van der Waals surface area (Å²) in [5.41, 5.74) is 0. The fourth-order valence-electron chi connectivity index (χ4n) is 3.52. The minimum atomic E-state index is -0.784. The van der Waals surface area contributed by atoms with Crippen LogP contribution in [0.2, 0.25) is 0 Å². The van der Waals surface area contributed by atoms with Crippen molar-refractivity contribution < 1.29 is 14.7 Å². The lowest BCUT2D eigenvalue weighted by Gasteiger charge is -2.21. The smallest absolute Gasteiger partial charge is 0.307 e. The predicted molar refractivity (Wildman–Crippen MR) is 42.8 cm³/mol. The summed E-state index contributed by atoms with van der Waals surface area (Å²) in [4.78, 5) is 22.4. The van der Waals surface area contributed by atoms with Gasteiger partial charge in [-0.1, -0.05) is 0 Å². The Morgan fingerprint density at radius 2 is 2.23 bits per heavy atom. The highest BCUT2D eigenvalue weighted by atomic mass is 16.4. The first kappa shape index (κ1) is 7.35. The van der Waals surface area contributed by atoms with E-state index in [1.54, 1.807) is 0 Å². The maximum absolute atomic E-state index is 11.4. The summed E-state index contributed by atoms with van der Waals surface area (Å²) in [6.07, 6.45) is 1.81. The van der Waals surface area contributed by atoms with Crippen molar-refractivity contribution in [3.63, 3.8) is 0 Å². The van der Waals surface area contributed by atoms with E-state index in [0.717, 1.165) is 12.8 Å². The molecule has 2 N–H and O–H groups in total. The van der Waals surface area contributed by atoms with Gasteiger partial charge >= 0.3 is 5.97 Å². The quantitative estimate of drug-likeness (QED) is 0.590. The van der Waals surface area contributed by atoms with E-state index in [2.05, 4.69) is 5.32 Å². The Morgan fingerprint density at radius 3 is 2.92 bits per heavy atom. The summed E-state index contributed by atoms with van der Waals surface area (Å²) in [5, 5.41) is 11.9. The number of carbonyl (C=O) groups is 2. The highest BCUT2D eigenvalue weighted by Gasteiger charge is 2.62. The molecule has 1 saturated heterocycles. The van der Waals surface area contributed by atoms with Gasteiger partial charge in [-0.2, -0.15) is 0 Å². The third-order valence-electron chi connectivity index (χ3n) is 3.92. The average Bonchev–Trinajstić information content (AvgIpc) is 2.60. The van der Waals surface area contributed by atoms with Crippen LogP contribution in [-0.2, 0) is 9.59 Å². The Balaban J connectivity index is 2.01. The molecule has 13 heavy (non-hydrogen) atoms. The first-order chi connectivity index (χ1) is 6.18. The van der Waals surface area contributed by atoms with Gasteiger partial charge in [0.15, 0.2) is 0 Å². The maximum Gasteiger partial charge on any atom is 0.307 e. The normalized spacial score (nSPS) is 51.1. The van der Waals surface area contributed by atoms with Crippen LogP contribution in [0.4, 0.5) is 0 Å². The highest BCUT2D eigenvalue weighted by molar-refractivity contribution is 5.89. The highest BCUT2D eigenvalue weighted by Crippen LogP contribution is 2.55. The van der Waals surface area contributed by atoms with Crippen LogP contribution >= 0.6 is 0 Å². The Labute approximate surface area is 75.3 Å². The summed E-state index contributed by atoms with van der Waals surface area (Å²) in [5.74, 6) is -0.865. The molecule has 1 aliphatic heterocycles. The lowest BCUT2D eigenvalue weighted by Crippen LogP contribution is -2.31. The molecule has 4 heteroatoms. The van der Waals surface area contributed by atoms with Crippen LogP contribution in [0.1, 0.15) is 12.8 Å². The van der Waals surface area contributed by atoms with Gasteiger partial charge in [0.25, 0.3) is 0 Å². The van der Waals surface area contributed by atoms with E-state index in [9.17, 15) is 9.59 Å². The zero-order valence-electron chi connectivity index (χ0n) is 7.06. The molecular weight excluding hydrogens is 170 g/mol. The van der Waals surface area contributed by atoms with Crippen LogP contribution < -0.4 is 5.32 Å². The molecule has 0 aromatic heterocycles. The van der Waals surface area contributed by atoms with Gasteiger partial charge in [0.1, 0.15) is 0 Å². The largest absolute Gasteiger partial charge is 0.481 e. The summed E-state index contributed by atoms with van der Waals surface area (Å²) < 4.78 is 0. The number of hydrogen-bond acceptors (Lipinski definition) is 2. The van der Waals surface area contributed by atoms with Crippen LogP contribution in [0.3, 0.4) is 0 Å². The lowest BCUT2D eigenvalue weighted by molar-refractivity contribution is -0.147. The Morgan fingerprint density at radius 1 is 1.46 bits per heavy atom. The van der Waals surface area contributed by atoms with Gasteiger partial charge in [-0.15, -0.1) is 0 Å². The van der Waals surface area contributed by atoms with Crippen molar-refractivity contribution in [3.05, 3.63) is 0 Å². The van der Waals surface area contributed by atoms with Crippen LogP contribution in [0.5, 0.6) is 0 Å². The molecule has 3 aliphatic rings. The minimum Gasteiger partial charge on any atom is -0.481 e. The number of carboxylic acid groups (broad SMARTS) is 1. The van der Waals surface area contributed by atoms with Crippen molar-refractivity contribution in [2.45, 2.75) is 18.9 Å². The number of hydrogen-bond donors (Lipinski definition) is 2. The molecule has 0 unspecified atom stereocenters. The molecule has 2 aliphatic carbocycles. The van der Waals surface area contributed by atoms with E-state index in [-0.39, 0.29) is 23.8 Å². The molecule has 1 amide bonds. The van der Waals surface area contributed by atoms with Crippen molar-refractivity contribution in [1.29, 1.82) is 0 Å². The number of nitrogens with one attached hydrogen (secondary N) is 1. The summed E-state index contributed by atoms with van der Waals surface area (Å²) in [6.45, 7) is 0. The van der Waals surface area contributed by atoms with Gasteiger partial charge in [-0.05, 0) is 24.7 Å². The zero-order valence-corrected chi connectivity index (χ0v) is 7.06. The summed E-state index contributed by atoms with van der Waals surface area (Å²) >= 11 is 0. The molecule has 5 atom stereocenters. The van der Waals surface area contributed by atoms with E-state index in [4.69, 9.17) is 5.11 Å². The second-order valence-corrected chi connectivity index (χ2v) is 4.40. The van der Waals surface area contributed by atoms with Crippen LogP contribution in [0.15, 0.2) is 0 Å². The maximum atomic E-state index is 11.4. The van der Waals surface area contributed by atoms with Crippen molar-refractivity contribution in [3.8, 4) is 0 Å². The second kappa shape index (κ2) is 2.05. The zero-order chi connectivity index (χ0) is 9.16. The molecule has 3 rings (SSSR count). The molecule has 4 nitrogen and oxygen atoms in total. The van der Waals surface area contributed by atoms with Gasteiger partial charge in [0, 0.05) is 6.04 Å². The molecule has 0 radical (unpaired) electrons. The van der Waals surface area contributed by atoms with Crippen molar-refractivity contribution in [2.24, 2.45) is 23.7 Å². The average molecular weight is 181 g/mol.